The van der Waals surface area contributed by atoms with Crippen LogP contribution in [0, 0.1) is 0 Å². The fourth-order valence-corrected chi connectivity index (χ4v) is 3.36. The number of para-hydroxylation sites is 2. The lowest BCUT2D eigenvalue weighted by atomic mass is 10.0. The molecule has 1 saturated heterocycles. The van der Waals surface area contributed by atoms with Gasteiger partial charge in [0.05, 0.1) is 11.4 Å². The Morgan fingerprint density at radius 2 is 1.33 bits per heavy atom. The molecule has 0 unspecified atom stereocenters. The summed E-state index contributed by atoms with van der Waals surface area (Å²) in [5.74, 6) is 0.224. The van der Waals surface area contributed by atoms with E-state index in [1.807, 2.05) is 5.01 Å². The van der Waals surface area contributed by atoms with E-state index in [9.17, 15) is 4.79 Å². The lowest BCUT2D eigenvalue weighted by Gasteiger charge is -2.34. The molecule has 2 heterocycles. The second kappa shape index (κ2) is 4.92. The summed E-state index contributed by atoms with van der Waals surface area (Å²) in [6.45, 7) is 0.807. The van der Waals surface area contributed by atoms with Crippen LogP contribution in [-0.2, 0) is 17.6 Å². The Bertz CT molecular complexity index is 648. The molecule has 0 saturated carbocycles. The minimum atomic E-state index is 0.224. The van der Waals surface area contributed by atoms with Crippen LogP contribution in [0.4, 0.5) is 11.4 Å². The first kappa shape index (κ1) is 12.5. The van der Waals surface area contributed by atoms with E-state index in [1.165, 1.54) is 11.1 Å². The number of hydrogen-bond donors (Lipinski definition) is 0. The van der Waals surface area contributed by atoms with Crippen LogP contribution in [-0.4, -0.2) is 17.5 Å². The summed E-state index contributed by atoms with van der Waals surface area (Å²) in [5.41, 5.74) is 4.93. The van der Waals surface area contributed by atoms with E-state index in [1.54, 1.807) is 0 Å². The van der Waals surface area contributed by atoms with Gasteiger partial charge >= 0.3 is 0 Å². The molecule has 0 radical (unpaired) electrons. The molecule has 1 amide bonds. The van der Waals surface area contributed by atoms with Crippen molar-refractivity contribution in [3.63, 3.8) is 0 Å². The molecule has 0 N–H and O–H groups in total. The van der Waals surface area contributed by atoms with Gasteiger partial charge in [-0.3, -0.25) is 9.80 Å². The molecule has 3 nitrogen and oxygen atoms in total. The summed E-state index contributed by atoms with van der Waals surface area (Å²) in [6, 6.07) is 16.9. The molecule has 3 heteroatoms. The maximum atomic E-state index is 12.3. The predicted octanol–water partition coefficient (Wildman–Crippen LogP) is 3.46. The molecule has 2 aromatic carbocycles. The first-order valence-corrected chi connectivity index (χ1v) is 7.61. The highest BCUT2D eigenvalue weighted by Crippen LogP contribution is 2.38. The van der Waals surface area contributed by atoms with Crippen LogP contribution >= 0.6 is 0 Å². The van der Waals surface area contributed by atoms with Crippen LogP contribution in [0.5, 0.6) is 0 Å². The van der Waals surface area contributed by atoms with Gasteiger partial charge in [-0.25, -0.2) is 5.01 Å². The number of nitrogens with zero attached hydrogens (tertiary/aromatic N) is 2. The van der Waals surface area contributed by atoms with E-state index in [2.05, 4.69) is 53.5 Å². The van der Waals surface area contributed by atoms with Crippen LogP contribution in [0.1, 0.15) is 24.0 Å². The summed E-state index contributed by atoms with van der Waals surface area (Å²) < 4.78 is 0. The first-order chi connectivity index (χ1) is 10.3. The Morgan fingerprint density at radius 3 is 1.86 bits per heavy atom. The summed E-state index contributed by atoms with van der Waals surface area (Å²) >= 11 is 0. The van der Waals surface area contributed by atoms with Crippen molar-refractivity contribution in [2.75, 3.05) is 11.6 Å². The quantitative estimate of drug-likeness (QED) is 0.797. The van der Waals surface area contributed by atoms with Gasteiger partial charge in [-0.05, 0) is 42.5 Å². The summed E-state index contributed by atoms with van der Waals surface area (Å²) in [6.07, 6.45) is 3.64. The molecule has 2 aliphatic rings. The third-order valence-corrected chi connectivity index (χ3v) is 4.39. The minimum absolute atomic E-state index is 0.224. The third-order valence-electron chi connectivity index (χ3n) is 4.39. The van der Waals surface area contributed by atoms with Gasteiger partial charge in [0.2, 0.25) is 5.91 Å². The molecule has 2 aliphatic heterocycles. The van der Waals surface area contributed by atoms with Gasteiger partial charge in [0.25, 0.3) is 0 Å². The van der Waals surface area contributed by atoms with E-state index in [-0.39, 0.29) is 5.91 Å². The summed E-state index contributed by atoms with van der Waals surface area (Å²) in [7, 11) is 0. The normalized spacial score (nSPS) is 17.4. The maximum absolute atomic E-state index is 12.3. The van der Waals surface area contributed by atoms with Crippen molar-refractivity contribution in [3.8, 4) is 0 Å². The largest absolute Gasteiger partial charge is 0.273 e. The van der Waals surface area contributed by atoms with Crippen molar-refractivity contribution in [2.45, 2.75) is 25.7 Å². The van der Waals surface area contributed by atoms with Crippen molar-refractivity contribution in [1.29, 1.82) is 0 Å². The van der Waals surface area contributed by atoms with Gasteiger partial charge in [0.15, 0.2) is 0 Å². The Labute approximate surface area is 124 Å². The summed E-state index contributed by atoms with van der Waals surface area (Å²) in [4.78, 5) is 12.3. The Morgan fingerprint density at radius 1 is 0.762 bits per heavy atom. The fraction of sp³-hybridized carbons (Fsp3) is 0.278. The number of benzene rings is 2. The number of carbonyl (C=O) groups is 1. The molecule has 0 spiro atoms. The minimum Gasteiger partial charge on any atom is -0.273 e. The molecule has 2 aromatic rings. The predicted molar refractivity (Wildman–Crippen MR) is 83.4 cm³/mol. The zero-order valence-electron chi connectivity index (χ0n) is 12.0. The summed E-state index contributed by atoms with van der Waals surface area (Å²) in [5, 5.41) is 4.07. The average molecular weight is 278 g/mol. The van der Waals surface area contributed by atoms with E-state index in [0.717, 1.165) is 37.2 Å². The number of hydrogen-bond acceptors (Lipinski definition) is 2. The van der Waals surface area contributed by atoms with Gasteiger partial charge < -0.3 is 0 Å². The zero-order chi connectivity index (χ0) is 14.2. The maximum Gasteiger partial charge on any atom is 0.241 e. The Kier molecular flexibility index (Phi) is 2.92. The van der Waals surface area contributed by atoms with Gasteiger partial charge in [-0.2, -0.15) is 0 Å². The van der Waals surface area contributed by atoms with E-state index < -0.39 is 0 Å². The molecular formula is C18H18N2O. The molecule has 0 atom stereocenters. The monoisotopic (exact) mass is 278 g/mol. The van der Waals surface area contributed by atoms with E-state index in [4.69, 9.17) is 0 Å². The molecule has 0 aromatic heterocycles. The van der Waals surface area contributed by atoms with E-state index in [0.29, 0.717) is 6.42 Å². The standard InChI is InChI=1S/C18H18N2O/c21-18-10-5-13-19(18)20-16-8-3-1-6-14(16)11-12-15-7-2-4-9-17(15)20/h1-4,6-9H,5,10-13H2. The second-order valence-electron chi connectivity index (χ2n) is 5.69. The Balaban J connectivity index is 1.92. The van der Waals surface area contributed by atoms with Crippen molar-refractivity contribution in [1.82, 2.24) is 5.01 Å². The number of fused-ring (bicyclic) bond motifs is 2. The molecule has 1 fully saturated rings. The molecule has 4 rings (SSSR count). The molecule has 21 heavy (non-hydrogen) atoms. The topological polar surface area (TPSA) is 23.6 Å². The molecule has 106 valence electrons. The van der Waals surface area contributed by atoms with E-state index >= 15 is 0 Å². The number of anilines is 2. The second-order valence-corrected chi connectivity index (χ2v) is 5.69. The van der Waals surface area contributed by atoms with Gasteiger partial charge in [-0.1, -0.05) is 36.4 Å². The SMILES string of the molecule is O=C1CCCN1N1c2ccccc2CCc2ccccc21. The number of rotatable bonds is 1. The highest BCUT2D eigenvalue weighted by atomic mass is 16.2. The fourth-order valence-electron chi connectivity index (χ4n) is 3.36. The highest BCUT2D eigenvalue weighted by Gasteiger charge is 2.31. The van der Waals surface area contributed by atoms with Crippen LogP contribution in [0.15, 0.2) is 48.5 Å². The van der Waals surface area contributed by atoms with Crippen molar-refractivity contribution >= 4 is 17.3 Å². The van der Waals surface area contributed by atoms with Crippen LogP contribution < -0.4 is 5.01 Å². The molecule has 0 bridgehead atoms. The number of carbonyl (C=O) groups excluding carboxylic acids is 1. The zero-order valence-corrected chi connectivity index (χ0v) is 12.0. The van der Waals surface area contributed by atoms with Gasteiger partial charge in [0, 0.05) is 13.0 Å². The molecule has 0 aliphatic carbocycles. The average Bonchev–Trinajstić information content (AvgIpc) is 2.86. The van der Waals surface area contributed by atoms with Gasteiger partial charge in [-0.15, -0.1) is 0 Å². The van der Waals surface area contributed by atoms with Crippen molar-refractivity contribution in [2.24, 2.45) is 0 Å². The number of aryl methyl sites for hydroxylation is 2. The number of amides is 1. The highest BCUT2D eigenvalue weighted by molar-refractivity contribution is 5.84. The number of hydrazine groups is 1. The Hall–Kier alpha value is -2.29. The van der Waals surface area contributed by atoms with Crippen LogP contribution in [0.2, 0.25) is 0 Å². The smallest absolute Gasteiger partial charge is 0.241 e. The van der Waals surface area contributed by atoms with Gasteiger partial charge in [0.1, 0.15) is 0 Å². The van der Waals surface area contributed by atoms with Crippen LogP contribution in [0.3, 0.4) is 0 Å². The van der Waals surface area contributed by atoms with Crippen molar-refractivity contribution in [3.05, 3.63) is 59.7 Å². The molecular weight excluding hydrogens is 260 g/mol. The lowest BCUT2D eigenvalue weighted by molar-refractivity contribution is -0.127. The first-order valence-electron chi connectivity index (χ1n) is 7.61. The lowest BCUT2D eigenvalue weighted by Crippen LogP contribution is -2.40. The van der Waals surface area contributed by atoms with Crippen molar-refractivity contribution < 1.29 is 4.79 Å². The van der Waals surface area contributed by atoms with Crippen LogP contribution in [0.25, 0.3) is 0 Å². The third kappa shape index (κ3) is 2.00.